The third kappa shape index (κ3) is 5.41. The molecular weight excluding hydrogens is 360 g/mol. The number of rotatable bonds is 4. The number of amides is 1. The van der Waals surface area contributed by atoms with Crippen LogP contribution in [-0.2, 0) is 10.9 Å². The molecule has 1 saturated heterocycles. The Hall–Kier alpha value is -2.17. The van der Waals surface area contributed by atoms with E-state index in [0.717, 1.165) is 29.2 Å². The van der Waals surface area contributed by atoms with Crippen molar-refractivity contribution in [2.75, 3.05) is 13.2 Å². The van der Waals surface area contributed by atoms with Gasteiger partial charge in [-0.15, -0.1) is 13.2 Å². The molecule has 5 nitrogen and oxygen atoms in total. The Kier molecular flexibility index (Phi) is 5.35. The number of ether oxygens (including phenoxy) is 2. The average molecular weight is 373 g/mol. The van der Waals surface area contributed by atoms with Crippen LogP contribution in [0.3, 0.4) is 0 Å². The van der Waals surface area contributed by atoms with Crippen molar-refractivity contribution in [3.63, 3.8) is 0 Å². The monoisotopic (exact) mass is 373 g/mol. The van der Waals surface area contributed by atoms with Gasteiger partial charge in [0.2, 0.25) is 0 Å². The molecule has 1 aromatic carbocycles. The van der Waals surface area contributed by atoms with Gasteiger partial charge in [-0.1, -0.05) is 0 Å². The predicted octanol–water partition coefficient (Wildman–Crippen LogP) is 3.74. The molecule has 1 heterocycles. The third-order valence-electron chi connectivity index (χ3n) is 3.55. The summed E-state index contributed by atoms with van der Waals surface area (Å²) < 4.78 is 82.8. The summed E-state index contributed by atoms with van der Waals surface area (Å²) in [4.78, 5) is 11.8. The van der Waals surface area contributed by atoms with Crippen molar-refractivity contribution in [3.8, 4) is 5.75 Å². The molecule has 0 aliphatic carbocycles. The number of nitrogens with zero attached hydrogens (tertiary/aromatic N) is 1. The number of likely N-dealkylation sites (tertiary alicyclic amines) is 1. The maximum absolute atomic E-state index is 12.5. The Morgan fingerprint density at radius 1 is 1.16 bits per heavy atom. The highest BCUT2D eigenvalue weighted by Gasteiger charge is 2.40. The maximum atomic E-state index is 12.5. The Labute approximate surface area is 137 Å². The topological polar surface area (TPSA) is 59.0 Å². The summed E-state index contributed by atoms with van der Waals surface area (Å²) in [5.74, 6) is 0.0562. The van der Waals surface area contributed by atoms with Gasteiger partial charge in [-0.2, -0.15) is 13.2 Å². The van der Waals surface area contributed by atoms with Gasteiger partial charge in [-0.25, -0.2) is 4.79 Å². The molecule has 1 fully saturated rings. The molecule has 1 N–H and O–H groups in total. The van der Waals surface area contributed by atoms with E-state index in [9.17, 15) is 31.1 Å². The van der Waals surface area contributed by atoms with Gasteiger partial charge >= 0.3 is 18.6 Å². The fourth-order valence-corrected chi connectivity index (χ4v) is 2.46. The van der Waals surface area contributed by atoms with Crippen LogP contribution in [0.1, 0.15) is 12.0 Å². The lowest BCUT2D eigenvalue weighted by Crippen LogP contribution is -2.38. The van der Waals surface area contributed by atoms with Crippen molar-refractivity contribution in [1.29, 1.82) is 0 Å². The number of benzene rings is 1. The minimum Gasteiger partial charge on any atom is -0.489 e. The van der Waals surface area contributed by atoms with Crippen LogP contribution in [0.2, 0.25) is 0 Å². The summed E-state index contributed by atoms with van der Waals surface area (Å²) in [6.07, 6.45) is -11.7. The fourth-order valence-electron chi connectivity index (χ4n) is 2.46. The van der Waals surface area contributed by atoms with Crippen molar-refractivity contribution in [2.45, 2.75) is 31.1 Å². The van der Waals surface area contributed by atoms with Crippen LogP contribution in [0.15, 0.2) is 24.3 Å². The Morgan fingerprint density at radius 3 is 2.24 bits per heavy atom. The molecule has 25 heavy (non-hydrogen) atoms. The zero-order valence-corrected chi connectivity index (χ0v) is 12.5. The molecule has 1 aliphatic rings. The molecule has 1 amide bonds. The SMILES string of the molecule is O=C(O)N1C[C@H](Oc2ccc(C(F)(F)F)cc2)C[C@H]1COC(F)(F)F. The van der Waals surface area contributed by atoms with E-state index >= 15 is 0 Å². The van der Waals surface area contributed by atoms with Gasteiger partial charge in [0.05, 0.1) is 24.8 Å². The number of alkyl halides is 6. The smallest absolute Gasteiger partial charge is 0.489 e. The highest BCUT2D eigenvalue weighted by atomic mass is 19.4. The Bertz CT molecular complexity index is 601. The summed E-state index contributed by atoms with van der Waals surface area (Å²) in [6, 6.07) is 2.65. The van der Waals surface area contributed by atoms with E-state index in [1.807, 2.05) is 0 Å². The average Bonchev–Trinajstić information content (AvgIpc) is 2.87. The molecule has 1 aliphatic heterocycles. The molecule has 0 spiro atoms. The summed E-state index contributed by atoms with van der Waals surface area (Å²) in [5, 5.41) is 9.03. The molecule has 0 aromatic heterocycles. The van der Waals surface area contributed by atoms with E-state index in [-0.39, 0.29) is 18.7 Å². The van der Waals surface area contributed by atoms with Crippen LogP contribution >= 0.6 is 0 Å². The lowest BCUT2D eigenvalue weighted by molar-refractivity contribution is -0.327. The van der Waals surface area contributed by atoms with Crippen LogP contribution in [0, 0.1) is 0 Å². The normalized spacial score (nSPS) is 21.4. The van der Waals surface area contributed by atoms with E-state index in [0.29, 0.717) is 0 Å². The van der Waals surface area contributed by atoms with Crippen LogP contribution < -0.4 is 4.74 Å². The molecular formula is C14H13F6NO4. The minimum atomic E-state index is -4.89. The second kappa shape index (κ2) is 6.98. The van der Waals surface area contributed by atoms with E-state index in [2.05, 4.69) is 4.74 Å². The lowest BCUT2D eigenvalue weighted by atomic mass is 10.2. The highest BCUT2D eigenvalue weighted by Crippen LogP contribution is 2.31. The molecule has 0 bridgehead atoms. The number of halogens is 6. The second-order valence-electron chi connectivity index (χ2n) is 5.34. The van der Waals surface area contributed by atoms with Gasteiger partial charge in [0.25, 0.3) is 0 Å². The minimum absolute atomic E-state index is 0.0562. The second-order valence-corrected chi connectivity index (χ2v) is 5.34. The first kappa shape index (κ1) is 19.2. The van der Waals surface area contributed by atoms with Crippen LogP contribution in [0.25, 0.3) is 0 Å². The maximum Gasteiger partial charge on any atom is 0.522 e. The van der Waals surface area contributed by atoms with Crippen LogP contribution in [0.4, 0.5) is 31.1 Å². The molecule has 2 rings (SSSR count). The quantitative estimate of drug-likeness (QED) is 0.817. The number of carbonyl (C=O) groups is 1. The van der Waals surface area contributed by atoms with Gasteiger partial charge in [0.15, 0.2) is 0 Å². The van der Waals surface area contributed by atoms with Crippen molar-refractivity contribution < 1.29 is 45.7 Å². The van der Waals surface area contributed by atoms with Crippen LogP contribution in [0.5, 0.6) is 5.75 Å². The van der Waals surface area contributed by atoms with Crippen molar-refractivity contribution in [2.24, 2.45) is 0 Å². The molecule has 0 radical (unpaired) electrons. The van der Waals surface area contributed by atoms with Gasteiger partial charge in [-0.3, -0.25) is 9.64 Å². The zero-order chi connectivity index (χ0) is 18.8. The third-order valence-corrected chi connectivity index (χ3v) is 3.55. The van der Waals surface area contributed by atoms with Crippen molar-refractivity contribution >= 4 is 6.09 Å². The molecule has 1 aromatic rings. The molecule has 11 heteroatoms. The summed E-state index contributed by atoms with van der Waals surface area (Å²) in [7, 11) is 0. The summed E-state index contributed by atoms with van der Waals surface area (Å²) in [6.45, 7) is -1.11. The predicted molar refractivity (Wildman–Crippen MR) is 71.0 cm³/mol. The Balaban J connectivity index is 1.99. The van der Waals surface area contributed by atoms with E-state index in [1.165, 1.54) is 0 Å². The summed E-state index contributed by atoms with van der Waals surface area (Å²) in [5.41, 5.74) is -0.880. The molecule has 0 saturated carbocycles. The van der Waals surface area contributed by atoms with Crippen molar-refractivity contribution in [1.82, 2.24) is 4.90 Å². The summed E-state index contributed by atoms with van der Waals surface area (Å²) >= 11 is 0. The number of hydrogen-bond acceptors (Lipinski definition) is 3. The first-order valence-electron chi connectivity index (χ1n) is 7.00. The fraction of sp³-hybridized carbons (Fsp3) is 0.500. The van der Waals surface area contributed by atoms with E-state index in [1.54, 1.807) is 0 Å². The van der Waals surface area contributed by atoms with Gasteiger partial charge in [0, 0.05) is 6.42 Å². The Morgan fingerprint density at radius 2 is 1.76 bits per heavy atom. The molecule has 2 atom stereocenters. The van der Waals surface area contributed by atoms with E-state index < -0.39 is 42.9 Å². The largest absolute Gasteiger partial charge is 0.522 e. The molecule has 0 unspecified atom stereocenters. The van der Waals surface area contributed by atoms with Gasteiger partial charge in [-0.05, 0) is 24.3 Å². The van der Waals surface area contributed by atoms with E-state index in [4.69, 9.17) is 9.84 Å². The number of hydrogen-bond donors (Lipinski definition) is 1. The highest BCUT2D eigenvalue weighted by molar-refractivity contribution is 5.66. The lowest BCUT2D eigenvalue weighted by Gasteiger charge is -2.21. The van der Waals surface area contributed by atoms with Crippen molar-refractivity contribution in [3.05, 3.63) is 29.8 Å². The zero-order valence-electron chi connectivity index (χ0n) is 12.5. The first-order chi connectivity index (χ1) is 11.5. The number of carboxylic acid groups (broad SMARTS) is 1. The van der Waals surface area contributed by atoms with Gasteiger partial charge in [0.1, 0.15) is 11.9 Å². The molecule has 140 valence electrons. The standard InChI is InChI=1S/C14H13F6NO4/c15-13(16,17)8-1-3-10(4-2-8)25-11-5-9(7-24-14(18,19)20)21(6-11)12(22)23/h1-4,9,11H,5-7H2,(H,22,23)/t9-,11+/m0/s1. The first-order valence-corrected chi connectivity index (χ1v) is 7.00. The van der Waals surface area contributed by atoms with Gasteiger partial charge < -0.3 is 9.84 Å². The van der Waals surface area contributed by atoms with Crippen LogP contribution in [-0.4, -0.2) is 47.8 Å².